The summed E-state index contributed by atoms with van der Waals surface area (Å²) in [6.07, 6.45) is -13.2. The number of carbonyl (C=O) groups excluding carboxylic acids is 1. The van der Waals surface area contributed by atoms with Gasteiger partial charge in [-0.3, -0.25) is 4.79 Å². The highest BCUT2D eigenvalue weighted by atomic mass is 16.8. The van der Waals surface area contributed by atoms with Crippen molar-refractivity contribution in [1.82, 2.24) is 0 Å². The van der Waals surface area contributed by atoms with Gasteiger partial charge in [-0.15, -0.1) is 0 Å². The Morgan fingerprint density at radius 2 is 1.71 bits per heavy atom. The number of esters is 1. The van der Waals surface area contributed by atoms with E-state index in [4.69, 9.17) is 24.7 Å². The van der Waals surface area contributed by atoms with E-state index in [9.17, 15) is 40.5 Å². The highest BCUT2D eigenvalue weighted by molar-refractivity contribution is 5.74. The van der Waals surface area contributed by atoms with Gasteiger partial charge in [0, 0.05) is 0 Å². The highest BCUT2D eigenvalue weighted by Crippen LogP contribution is 2.35. The molecule has 9 N–H and O–H groups in total. The van der Waals surface area contributed by atoms with Gasteiger partial charge in [-0.1, -0.05) is 0 Å². The van der Waals surface area contributed by atoms with Crippen LogP contribution in [-0.2, 0) is 23.7 Å². The fraction of sp³-hybridized carbons (Fsp3) is 0.933. The van der Waals surface area contributed by atoms with Gasteiger partial charge < -0.3 is 60.4 Å². The first-order valence-corrected chi connectivity index (χ1v) is 8.63. The molecule has 10 atom stereocenters. The Morgan fingerprint density at radius 1 is 1.07 bits per heavy atom. The van der Waals surface area contributed by atoms with Gasteiger partial charge >= 0.3 is 5.97 Å². The highest BCUT2D eigenvalue weighted by Gasteiger charge is 2.58. The van der Waals surface area contributed by atoms with Gasteiger partial charge in [-0.05, 0) is 6.92 Å². The molecule has 13 nitrogen and oxygen atoms in total. The number of carbonyl (C=O) groups is 1. The third kappa shape index (κ3) is 4.44. The van der Waals surface area contributed by atoms with Crippen molar-refractivity contribution >= 4 is 5.97 Å². The Morgan fingerprint density at radius 3 is 2.21 bits per heavy atom. The van der Waals surface area contributed by atoms with Crippen molar-refractivity contribution in [2.45, 2.75) is 67.8 Å². The van der Waals surface area contributed by atoms with Crippen LogP contribution in [0.15, 0.2) is 0 Å². The molecule has 0 spiro atoms. The lowest BCUT2D eigenvalue weighted by molar-refractivity contribution is -0.383. The summed E-state index contributed by atoms with van der Waals surface area (Å²) >= 11 is 0. The Bertz CT molecular complexity index is 535. The van der Waals surface area contributed by atoms with Crippen LogP contribution in [0.1, 0.15) is 6.92 Å². The molecule has 13 heteroatoms. The van der Waals surface area contributed by atoms with E-state index in [2.05, 4.69) is 0 Å². The zero-order valence-corrected chi connectivity index (χ0v) is 15.1. The maximum absolute atomic E-state index is 11.5. The van der Waals surface area contributed by atoms with Gasteiger partial charge in [-0.25, -0.2) is 0 Å². The van der Waals surface area contributed by atoms with Gasteiger partial charge in [0.15, 0.2) is 6.29 Å². The molecule has 0 unspecified atom stereocenters. The lowest BCUT2D eigenvalue weighted by Gasteiger charge is -2.43. The van der Waals surface area contributed by atoms with E-state index in [1.807, 2.05) is 0 Å². The molecule has 2 aliphatic heterocycles. The zero-order chi connectivity index (χ0) is 21.2. The van der Waals surface area contributed by atoms with Gasteiger partial charge in [-0.2, -0.15) is 0 Å². The van der Waals surface area contributed by atoms with Crippen LogP contribution in [0.5, 0.6) is 0 Å². The van der Waals surface area contributed by atoms with Crippen molar-refractivity contribution in [3.8, 4) is 0 Å². The number of rotatable bonds is 7. The number of hydrogen-bond acceptors (Lipinski definition) is 13. The number of hydrogen-bond donors (Lipinski definition) is 8. The smallest absolute Gasteiger partial charge is 0.322 e. The second-order valence-corrected chi connectivity index (χ2v) is 6.80. The van der Waals surface area contributed by atoms with Gasteiger partial charge in [0.05, 0.1) is 6.61 Å². The number of ether oxygens (including phenoxy) is 4. The molecule has 2 rings (SSSR count). The third-order valence-electron chi connectivity index (χ3n) is 4.65. The molecule has 2 aliphatic rings. The molecular formula is C15H27NO12. The largest absolute Gasteiger partial charge is 0.462 e. The van der Waals surface area contributed by atoms with Crippen molar-refractivity contribution < 1.29 is 59.5 Å². The molecule has 2 heterocycles. The van der Waals surface area contributed by atoms with Crippen molar-refractivity contribution in [2.24, 2.45) is 5.73 Å². The molecule has 28 heavy (non-hydrogen) atoms. The van der Waals surface area contributed by atoms with E-state index in [1.54, 1.807) is 0 Å². The summed E-state index contributed by atoms with van der Waals surface area (Å²) in [5, 5.41) is 69.0. The van der Waals surface area contributed by atoms with Crippen molar-refractivity contribution in [3.63, 3.8) is 0 Å². The topological polar surface area (TPSA) is 222 Å². The Kier molecular flexibility index (Phi) is 7.69. The average Bonchev–Trinajstić information content (AvgIpc) is 2.92. The maximum Gasteiger partial charge on any atom is 0.322 e. The summed E-state index contributed by atoms with van der Waals surface area (Å²) in [6, 6.07) is -0.945. The number of nitrogens with two attached hydrogens (primary N) is 1. The zero-order valence-electron chi connectivity index (χ0n) is 15.1. The molecule has 2 fully saturated rings. The van der Waals surface area contributed by atoms with Crippen molar-refractivity contribution in [2.75, 3.05) is 19.8 Å². The summed E-state index contributed by atoms with van der Waals surface area (Å²) in [7, 11) is 0. The summed E-state index contributed by atoms with van der Waals surface area (Å²) in [5.74, 6) is -3.09. The second-order valence-electron chi connectivity index (χ2n) is 6.80. The van der Waals surface area contributed by atoms with Crippen molar-refractivity contribution in [3.05, 3.63) is 0 Å². The maximum atomic E-state index is 11.5. The van der Waals surface area contributed by atoms with E-state index in [1.165, 1.54) is 6.92 Å². The van der Waals surface area contributed by atoms with Crippen LogP contribution in [0.2, 0.25) is 0 Å². The number of aliphatic hydroxyl groups is 7. The molecule has 0 aromatic rings. The monoisotopic (exact) mass is 413 g/mol. The minimum Gasteiger partial charge on any atom is -0.462 e. The van der Waals surface area contributed by atoms with Crippen LogP contribution in [0.25, 0.3) is 0 Å². The van der Waals surface area contributed by atoms with Gasteiger partial charge in [0.1, 0.15) is 62.0 Å². The van der Waals surface area contributed by atoms with E-state index < -0.39 is 86.6 Å². The summed E-state index contributed by atoms with van der Waals surface area (Å²) < 4.78 is 20.7. The number of aliphatic hydroxyl groups excluding tert-OH is 7. The van der Waals surface area contributed by atoms with Crippen LogP contribution in [-0.4, -0.2) is 122 Å². The molecule has 0 aliphatic carbocycles. The molecule has 2 saturated heterocycles. The molecule has 0 saturated carbocycles. The lowest BCUT2D eigenvalue weighted by atomic mass is 9.99. The fourth-order valence-corrected chi connectivity index (χ4v) is 2.91. The van der Waals surface area contributed by atoms with Crippen molar-refractivity contribution in [1.29, 1.82) is 0 Å². The normalized spacial score (nSPS) is 45.0. The quantitative estimate of drug-likeness (QED) is 0.183. The fourth-order valence-electron chi connectivity index (χ4n) is 2.91. The SMILES string of the molecule is C[C@H](N)C(=O)OC[C@H]1O[C@H](O[C@]2(CO)O[C@H](CO)[C@@H](O)[C@@H]2O)[C@H](O)[C@@H](O)[C@@H]1O. The minimum absolute atomic E-state index is 0.539. The molecule has 0 amide bonds. The predicted molar refractivity (Wildman–Crippen MR) is 86.2 cm³/mol. The molecule has 0 radical (unpaired) electrons. The Labute approximate surface area is 159 Å². The first-order chi connectivity index (χ1) is 13.1. The molecule has 164 valence electrons. The van der Waals surface area contributed by atoms with E-state index in [0.29, 0.717) is 0 Å². The van der Waals surface area contributed by atoms with E-state index in [-0.39, 0.29) is 0 Å². The van der Waals surface area contributed by atoms with Crippen LogP contribution in [0, 0.1) is 0 Å². The van der Waals surface area contributed by atoms with E-state index in [0.717, 1.165) is 0 Å². The van der Waals surface area contributed by atoms with Crippen LogP contribution >= 0.6 is 0 Å². The molecule has 0 aromatic carbocycles. The third-order valence-corrected chi connectivity index (χ3v) is 4.65. The molecule has 0 bridgehead atoms. The Balaban J connectivity index is 2.13. The summed E-state index contributed by atoms with van der Waals surface area (Å²) in [6.45, 7) is -0.869. The van der Waals surface area contributed by atoms with Crippen LogP contribution in [0.4, 0.5) is 0 Å². The van der Waals surface area contributed by atoms with Crippen LogP contribution in [0.3, 0.4) is 0 Å². The second kappa shape index (κ2) is 9.23. The minimum atomic E-state index is -2.28. The molecular weight excluding hydrogens is 386 g/mol. The van der Waals surface area contributed by atoms with Gasteiger partial charge in [0.25, 0.3) is 0 Å². The first-order valence-electron chi connectivity index (χ1n) is 8.63. The average molecular weight is 413 g/mol. The van der Waals surface area contributed by atoms with Crippen LogP contribution < -0.4 is 5.73 Å². The summed E-state index contributed by atoms with van der Waals surface area (Å²) in [5.41, 5.74) is 5.35. The van der Waals surface area contributed by atoms with Gasteiger partial charge in [0.2, 0.25) is 5.79 Å². The van der Waals surface area contributed by atoms with E-state index >= 15 is 0 Å². The molecule has 0 aromatic heterocycles. The first kappa shape index (κ1) is 23.3. The Hall–Kier alpha value is -0.970. The predicted octanol–water partition coefficient (Wildman–Crippen LogP) is -5.50. The summed E-state index contributed by atoms with van der Waals surface area (Å²) in [4.78, 5) is 11.5. The lowest BCUT2D eigenvalue weighted by Crippen LogP contribution is -2.63. The standard InChI is InChI=1S/C15H27NO12/c1-5(16)13(24)25-3-7-8(19)10(21)11(22)14(26-7)28-15(4-18)12(23)9(20)6(2-17)27-15/h5-12,14,17-23H,2-4,16H2,1H3/t5-,6+,7+,8+,9+,10-,11+,12-,14+,15-/m0/s1.